The van der Waals surface area contributed by atoms with Crippen molar-refractivity contribution < 1.29 is 0 Å². The molecule has 2 rings (SSSR count). The van der Waals surface area contributed by atoms with Crippen LogP contribution in [0.1, 0.15) is 26.2 Å². The Kier molecular flexibility index (Phi) is 2.14. The normalized spacial score (nSPS) is 35.2. The van der Waals surface area contributed by atoms with E-state index < -0.39 is 0 Å². The smallest absolute Gasteiger partial charge is 0.0195 e. The van der Waals surface area contributed by atoms with Crippen LogP contribution in [0.3, 0.4) is 0 Å². The van der Waals surface area contributed by atoms with Crippen molar-refractivity contribution in [1.82, 2.24) is 10.2 Å². The lowest BCUT2D eigenvalue weighted by Crippen LogP contribution is -2.55. The Balaban J connectivity index is 1.88. The third-order valence-corrected chi connectivity index (χ3v) is 3.10. The molecule has 1 aliphatic carbocycles. The molecule has 1 N–H and O–H groups in total. The molecular formula is C9H18N2. The van der Waals surface area contributed by atoms with Gasteiger partial charge in [-0.05, 0) is 19.8 Å². The van der Waals surface area contributed by atoms with Crippen molar-refractivity contribution in [2.24, 2.45) is 0 Å². The zero-order valence-electron chi connectivity index (χ0n) is 7.34. The van der Waals surface area contributed by atoms with Crippen LogP contribution < -0.4 is 5.32 Å². The SMILES string of the molecule is CC1CNCCN1C1CCC1. The molecule has 1 heterocycles. The second-order valence-corrected chi connectivity index (χ2v) is 3.88. The highest BCUT2D eigenvalue weighted by molar-refractivity contribution is 4.86. The van der Waals surface area contributed by atoms with E-state index in [1.165, 1.54) is 38.9 Å². The van der Waals surface area contributed by atoms with Crippen molar-refractivity contribution in [2.75, 3.05) is 19.6 Å². The fourth-order valence-corrected chi connectivity index (χ4v) is 2.12. The quantitative estimate of drug-likeness (QED) is 0.602. The molecule has 1 saturated carbocycles. The fourth-order valence-electron chi connectivity index (χ4n) is 2.12. The third kappa shape index (κ3) is 1.42. The minimum absolute atomic E-state index is 0.772. The van der Waals surface area contributed by atoms with Crippen LogP contribution in [0, 0.1) is 0 Å². The largest absolute Gasteiger partial charge is 0.314 e. The van der Waals surface area contributed by atoms with Crippen molar-refractivity contribution in [3.8, 4) is 0 Å². The molecule has 2 fully saturated rings. The van der Waals surface area contributed by atoms with Gasteiger partial charge in [-0.25, -0.2) is 0 Å². The van der Waals surface area contributed by atoms with Crippen LogP contribution in [0.2, 0.25) is 0 Å². The minimum atomic E-state index is 0.772. The highest BCUT2D eigenvalue weighted by Gasteiger charge is 2.29. The molecule has 0 amide bonds. The molecule has 64 valence electrons. The van der Waals surface area contributed by atoms with Gasteiger partial charge >= 0.3 is 0 Å². The van der Waals surface area contributed by atoms with Gasteiger partial charge in [0, 0.05) is 31.7 Å². The lowest BCUT2D eigenvalue weighted by molar-refractivity contribution is 0.0690. The molecule has 1 saturated heterocycles. The van der Waals surface area contributed by atoms with E-state index in [-0.39, 0.29) is 0 Å². The number of nitrogens with one attached hydrogen (secondary N) is 1. The average Bonchev–Trinajstić information content (AvgIpc) is 1.90. The summed E-state index contributed by atoms with van der Waals surface area (Å²) in [5, 5.41) is 3.43. The molecule has 0 bridgehead atoms. The summed E-state index contributed by atoms with van der Waals surface area (Å²) < 4.78 is 0. The fraction of sp³-hybridized carbons (Fsp3) is 1.00. The lowest BCUT2D eigenvalue weighted by atomic mass is 9.90. The predicted molar refractivity (Wildman–Crippen MR) is 46.7 cm³/mol. The van der Waals surface area contributed by atoms with E-state index in [4.69, 9.17) is 0 Å². The first-order valence-electron chi connectivity index (χ1n) is 4.84. The van der Waals surface area contributed by atoms with Crippen molar-refractivity contribution in [3.63, 3.8) is 0 Å². The summed E-state index contributed by atoms with van der Waals surface area (Å²) in [6, 6.07) is 1.71. The molecule has 0 radical (unpaired) electrons. The Morgan fingerprint density at radius 3 is 2.73 bits per heavy atom. The number of hydrogen-bond acceptors (Lipinski definition) is 2. The highest BCUT2D eigenvalue weighted by Crippen LogP contribution is 2.26. The summed E-state index contributed by atoms with van der Waals surface area (Å²) in [4.78, 5) is 2.68. The van der Waals surface area contributed by atoms with Crippen LogP contribution in [0.15, 0.2) is 0 Å². The van der Waals surface area contributed by atoms with Gasteiger partial charge in [-0.1, -0.05) is 6.42 Å². The maximum atomic E-state index is 3.43. The van der Waals surface area contributed by atoms with E-state index in [0.29, 0.717) is 0 Å². The maximum absolute atomic E-state index is 3.43. The topological polar surface area (TPSA) is 15.3 Å². The number of hydrogen-bond donors (Lipinski definition) is 1. The molecule has 1 atom stereocenters. The average molecular weight is 154 g/mol. The molecule has 0 aromatic heterocycles. The van der Waals surface area contributed by atoms with Gasteiger partial charge in [0.25, 0.3) is 0 Å². The van der Waals surface area contributed by atoms with E-state index in [2.05, 4.69) is 17.1 Å². The maximum Gasteiger partial charge on any atom is 0.0195 e. The molecule has 2 nitrogen and oxygen atoms in total. The van der Waals surface area contributed by atoms with Crippen LogP contribution in [0.4, 0.5) is 0 Å². The van der Waals surface area contributed by atoms with Gasteiger partial charge in [-0.15, -0.1) is 0 Å². The van der Waals surface area contributed by atoms with E-state index in [1.807, 2.05) is 0 Å². The van der Waals surface area contributed by atoms with Gasteiger partial charge in [0.15, 0.2) is 0 Å². The molecular weight excluding hydrogens is 136 g/mol. The summed E-state index contributed by atoms with van der Waals surface area (Å²) in [5.41, 5.74) is 0. The van der Waals surface area contributed by atoms with E-state index in [9.17, 15) is 0 Å². The Bertz CT molecular complexity index is 130. The summed E-state index contributed by atoms with van der Waals surface area (Å²) in [6.45, 7) is 5.99. The lowest BCUT2D eigenvalue weighted by Gasteiger charge is -2.44. The number of piperazine rings is 1. The monoisotopic (exact) mass is 154 g/mol. The first kappa shape index (κ1) is 7.56. The van der Waals surface area contributed by atoms with Crippen molar-refractivity contribution >= 4 is 0 Å². The van der Waals surface area contributed by atoms with Gasteiger partial charge in [0.1, 0.15) is 0 Å². The van der Waals surface area contributed by atoms with Crippen molar-refractivity contribution in [3.05, 3.63) is 0 Å². The molecule has 0 spiro atoms. The van der Waals surface area contributed by atoms with Crippen LogP contribution in [0.25, 0.3) is 0 Å². The molecule has 11 heavy (non-hydrogen) atoms. The Morgan fingerprint density at radius 1 is 1.36 bits per heavy atom. The summed E-state index contributed by atoms with van der Waals surface area (Å²) in [7, 11) is 0. The Labute approximate surface area is 69.0 Å². The van der Waals surface area contributed by atoms with E-state index in [0.717, 1.165) is 12.1 Å². The second-order valence-electron chi connectivity index (χ2n) is 3.88. The molecule has 2 aliphatic rings. The van der Waals surface area contributed by atoms with Gasteiger partial charge in [-0.2, -0.15) is 0 Å². The summed E-state index contributed by atoms with van der Waals surface area (Å²) in [5.74, 6) is 0. The second kappa shape index (κ2) is 3.11. The van der Waals surface area contributed by atoms with E-state index >= 15 is 0 Å². The predicted octanol–water partition coefficient (Wildman–Crippen LogP) is 0.833. The van der Waals surface area contributed by atoms with Crippen molar-refractivity contribution in [2.45, 2.75) is 38.3 Å². The van der Waals surface area contributed by atoms with Gasteiger partial charge in [0.05, 0.1) is 0 Å². The standard InChI is InChI=1S/C9H18N2/c1-8-7-10-5-6-11(8)9-3-2-4-9/h8-10H,2-7H2,1H3. The molecule has 0 aromatic rings. The van der Waals surface area contributed by atoms with Crippen molar-refractivity contribution in [1.29, 1.82) is 0 Å². The zero-order chi connectivity index (χ0) is 7.68. The number of nitrogens with zero attached hydrogens (tertiary/aromatic N) is 1. The molecule has 1 aliphatic heterocycles. The third-order valence-electron chi connectivity index (χ3n) is 3.10. The first-order chi connectivity index (χ1) is 5.38. The van der Waals surface area contributed by atoms with Gasteiger partial charge in [0.2, 0.25) is 0 Å². The summed E-state index contributed by atoms with van der Waals surface area (Å²) >= 11 is 0. The minimum Gasteiger partial charge on any atom is -0.314 e. The molecule has 1 unspecified atom stereocenters. The van der Waals surface area contributed by atoms with Crippen LogP contribution in [-0.4, -0.2) is 36.6 Å². The van der Waals surface area contributed by atoms with Gasteiger partial charge in [-0.3, -0.25) is 4.90 Å². The molecule has 2 heteroatoms. The zero-order valence-corrected chi connectivity index (χ0v) is 7.34. The summed E-state index contributed by atoms with van der Waals surface area (Å²) in [6.07, 6.45) is 4.36. The van der Waals surface area contributed by atoms with Crippen LogP contribution in [0.5, 0.6) is 0 Å². The van der Waals surface area contributed by atoms with Crippen LogP contribution in [-0.2, 0) is 0 Å². The number of rotatable bonds is 1. The van der Waals surface area contributed by atoms with Crippen LogP contribution >= 0.6 is 0 Å². The first-order valence-corrected chi connectivity index (χ1v) is 4.84. The Hall–Kier alpha value is -0.0800. The highest BCUT2D eigenvalue weighted by atomic mass is 15.2. The molecule has 0 aromatic carbocycles. The van der Waals surface area contributed by atoms with Gasteiger partial charge < -0.3 is 5.32 Å². The van der Waals surface area contributed by atoms with E-state index in [1.54, 1.807) is 0 Å². The Morgan fingerprint density at radius 2 is 2.18 bits per heavy atom.